The summed E-state index contributed by atoms with van der Waals surface area (Å²) in [5.74, 6) is -1.84. The average molecular weight is 403 g/mol. The average Bonchev–Trinajstić information content (AvgIpc) is 3.12. The number of anilines is 1. The van der Waals surface area contributed by atoms with E-state index in [1.165, 1.54) is 19.0 Å². The molecule has 2 atom stereocenters. The zero-order chi connectivity index (χ0) is 21.6. The van der Waals surface area contributed by atoms with Gasteiger partial charge in [0, 0.05) is 32.7 Å². The second-order valence-electron chi connectivity index (χ2n) is 7.30. The van der Waals surface area contributed by atoms with E-state index >= 15 is 0 Å². The molecule has 1 aliphatic heterocycles. The van der Waals surface area contributed by atoms with Crippen molar-refractivity contribution < 1.29 is 23.9 Å². The smallest absolute Gasteiger partial charge is 0.311 e. The van der Waals surface area contributed by atoms with Crippen molar-refractivity contribution in [3.05, 3.63) is 29.8 Å². The third-order valence-corrected chi connectivity index (χ3v) is 5.25. The number of benzene rings is 1. The van der Waals surface area contributed by atoms with Crippen LogP contribution in [-0.4, -0.2) is 62.4 Å². The summed E-state index contributed by atoms with van der Waals surface area (Å²) < 4.78 is 5.11. The minimum absolute atomic E-state index is 0.0515. The number of hydrogen-bond donors (Lipinski definition) is 1. The molecule has 0 aromatic heterocycles. The van der Waals surface area contributed by atoms with Crippen LogP contribution in [0.25, 0.3) is 0 Å². The van der Waals surface area contributed by atoms with E-state index in [-0.39, 0.29) is 31.3 Å². The van der Waals surface area contributed by atoms with Crippen molar-refractivity contribution in [3.63, 3.8) is 0 Å². The summed E-state index contributed by atoms with van der Waals surface area (Å²) in [6.45, 7) is 3.85. The van der Waals surface area contributed by atoms with Gasteiger partial charge in [0.2, 0.25) is 11.8 Å². The molecule has 1 saturated heterocycles. The fourth-order valence-electron chi connectivity index (χ4n) is 3.21. The maximum absolute atomic E-state index is 12.6. The van der Waals surface area contributed by atoms with Crippen molar-refractivity contribution in [1.82, 2.24) is 10.2 Å². The Kier molecular flexibility index (Phi) is 7.75. The Labute approximate surface area is 171 Å². The molecule has 8 nitrogen and oxygen atoms in total. The lowest BCUT2D eigenvalue weighted by atomic mass is 9.96. The number of likely N-dealkylation sites (N-methyl/N-ethyl adjacent to an activating group) is 2. The van der Waals surface area contributed by atoms with Gasteiger partial charge in [-0.2, -0.15) is 0 Å². The third-order valence-electron chi connectivity index (χ3n) is 5.25. The van der Waals surface area contributed by atoms with Crippen LogP contribution >= 0.6 is 0 Å². The number of carbonyl (C=O) groups is 4. The molecular formula is C21H29N3O5. The molecule has 1 aromatic rings. The number of amides is 3. The molecule has 3 amide bonds. The molecule has 0 spiro atoms. The first kappa shape index (κ1) is 22.4. The highest BCUT2D eigenvalue weighted by Crippen LogP contribution is 2.33. The molecule has 158 valence electrons. The Hall–Kier alpha value is -2.90. The van der Waals surface area contributed by atoms with E-state index in [0.29, 0.717) is 5.92 Å². The van der Waals surface area contributed by atoms with E-state index in [1.807, 2.05) is 24.3 Å². The fourth-order valence-corrected chi connectivity index (χ4v) is 3.21. The van der Waals surface area contributed by atoms with Crippen molar-refractivity contribution in [2.45, 2.75) is 32.6 Å². The lowest BCUT2D eigenvalue weighted by Gasteiger charge is -2.23. The van der Waals surface area contributed by atoms with Gasteiger partial charge in [-0.25, -0.2) is 0 Å². The Morgan fingerprint density at radius 1 is 1.31 bits per heavy atom. The van der Waals surface area contributed by atoms with Gasteiger partial charge in [0.25, 0.3) is 5.91 Å². The highest BCUT2D eigenvalue weighted by atomic mass is 16.5. The first-order chi connectivity index (χ1) is 13.8. The number of carbonyl (C=O) groups excluding carboxylic acids is 4. The number of esters is 1. The van der Waals surface area contributed by atoms with Crippen molar-refractivity contribution in [2.75, 3.05) is 38.7 Å². The summed E-state index contributed by atoms with van der Waals surface area (Å²) in [5, 5.41) is 2.42. The molecule has 1 heterocycles. The standard InChI is InChI=1S/C21H29N3O5/c1-5-14(2)16-8-6-7-9-17(16)24-11-15(10-19(24)26)21(28)29-13-20(27)23(4)12-18(25)22-3/h6-9,14-15H,5,10-13H2,1-4H3,(H,22,25)/t14-,15-/m1/s1. The van der Waals surface area contributed by atoms with Crippen LogP contribution in [0, 0.1) is 5.92 Å². The molecule has 0 unspecified atom stereocenters. The van der Waals surface area contributed by atoms with E-state index < -0.39 is 24.4 Å². The van der Waals surface area contributed by atoms with Gasteiger partial charge in [0.05, 0.1) is 12.5 Å². The predicted octanol–water partition coefficient (Wildman–Crippen LogP) is 1.30. The molecule has 29 heavy (non-hydrogen) atoms. The van der Waals surface area contributed by atoms with Gasteiger partial charge < -0.3 is 19.9 Å². The van der Waals surface area contributed by atoms with Crippen LogP contribution in [-0.2, 0) is 23.9 Å². The van der Waals surface area contributed by atoms with Crippen LogP contribution < -0.4 is 10.2 Å². The zero-order valence-corrected chi connectivity index (χ0v) is 17.4. The minimum atomic E-state index is -0.621. The first-order valence-electron chi connectivity index (χ1n) is 9.78. The van der Waals surface area contributed by atoms with E-state index in [4.69, 9.17) is 4.74 Å². The molecular weight excluding hydrogens is 374 g/mol. The Morgan fingerprint density at radius 3 is 2.66 bits per heavy atom. The van der Waals surface area contributed by atoms with Gasteiger partial charge in [-0.3, -0.25) is 19.2 Å². The number of nitrogens with one attached hydrogen (secondary N) is 1. The van der Waals surface area contributed by atoms with Crippen LogP contribution in [0.3, 0.4) is 0 Å². The predicted molar refractivity (Wildman–Crippen MR) is 108 cm³/mol. The highest BCUT2D eigenvalue weighted by Gasteiger charge is 2.37. The van der Waals surface area contributed by atoms with Crippen molar-refractivity contribution in [2.24, 2.45) is 5.92 Å². The largest absolute Gasteiger partial charge is 0.455 e. The fraction of sp³-hybridized carbons (Fsp3) is 0.524. The quantitative estimate of drug-likeness (QED) is 0.660. The van der Waals surface area contributed by atoms with Crippen LogP contribution in [0.2, 0.25) is 0 Å². The van der Waals surface area contributed by atoms with Crippen LogP contribution in [0.1, 0.15) is 38.2 Å². The van der Waals surface area contributed by atoms with E-state index in [2.05, 4.69) is 19.2 Å². The van der Waals surface area contributed by atoms with Gasteiger partial charge in [-0.1, -0.05) is 32.0 Å². The second-order valence-corrected chi connectivity index (χ2v) is 7.30. The number of nitrogens with zero attached hydrogens (tertiary/aromatic N) is 2. The van der Waals surface area contributed by atoms with Gasteiger partial charge in [-0.15, -0.1) is 0 Å². The van der Waals surface area contributed by atoms with Crippen molar-refractivity contribution in [1.29, 1.82) is 0 Å². The summed E-state index contributed by atoms with van der Waals surface area (Å²) in [6.07, 6.45) is 0.992. The molecule has 0 radical (unpaired) electrons. The van der Waals surface area contributed by atoms with Gasteiger partial charge in [-0.05, 0) is 24.0 Å². The summed E-state index contributed by atoms with van der Waals surface area (Å²) in [7, 11) is 2.93. The number of hydrogen-bond acceptors (Lipinski definition) is 5. The Balaban J connectivity index is 1.98. The molecule has 0 bridgehead atoms. The monoisotopic (exact) mass is 403 g/mol. The van der Waals surface area contributed by atoms with Gasteiger partial charge >= 0.3 is 5.97 Å². The maximum atomic E-state index is 12.6. The van der Waals surface area contributed by atoms with Crippen molar-refractivity contribution in [3.8, 4) is 0 Å². The maximum Gasteiger partial charge on any atom is 0.311 e. The summed E-state index contributed by atoms with van der Waals surface area (Å²) in [5.41, 5.74) is 1.90. The molecule has 1 fully saturated rings. The van der Waals surface area contributed by atoms with Crippen LogP contribution in [0.15, 0.2) is 24.3 Å². The lowest BCUT2D eigenvalue weighted by molar-refractivity contribution is -0.155. The van der Waals surface area contributed by atoms with Crippen LogP contribution in [0.5, 0.6) is 0 Å². The molecule has 2 rings (SSSR count). The lowest BCUT2D eigenvalue weighted by Crippen LogP contribution is -2.39. The molecule has 1 aromatic carbocycles. The van der Waals surface area contributed by atoms with Gasteiger partial charge in [0.1, 0.15) is 0 Å². The Bertz CT molecular complexity index is 779. The topological polar surface area (TPSA) is 96.0 Å². The minimum Gasteiger partial charge on any atom is -0.455 e. The number of ether oxygens (including phenoxy) is 1. The van der Waals surface area contributed by atoms with E-state index in [1.54, 1.807) is 4.90 Å². The molecule has 1 N–H and O–H groups in total. The molecule has 8 heteroatoms. The summed E-state index contributed by atoms with van der Waals surface area (Å²) >= 11 is 0. The molecule has 1 aliphatic rings. The van der Waals surface area contributed by atoms with Crippen molar-refractivity contribution >= 4 is 29.4 Å². The third kappa shape index (κ3) is 5.56. The normalized spacial score (nSPS) is 17.0. The van der Waals surface area contributed by atoms with Gasteiger partial charge in [0.15, 0.2) is 6.61 Å². The second kappa shape index (κ2) is 10.0. The SMILES string of the molecule is CC[C@@H](C)c1ccccc1N1C[C@H](C(=O)OCC(=O)N(C)CC(=O)NC)CC1=O. The summed E-state index contributed by atoms with van der Waals surface area (Å²) in [6, 6.07) is 7.72. The zero-order valence-electron chi connectivity index (χ0n) is 17.4. The molecule has 0 saturated carbocycles. The summed E-state index contributed by atoms with van der Waals surface area (Å²) in [4.78, 5) is 51.1. The molecule has 0 aliphatic carbocycles. The first-order valence-corrected chi connectivity index (χ1v) is 9.78. The van der Waals surface area contributed by atoms with E-state index in [0.717, 1.165) is 17.7 Å². The number of rotatable bonds is 8. The highest BCUT2D eigenvalue weighted by molar-refractivity contribution is 6.00. The van der Waals surface area contributed by atoms with Crippen LogP contribution in [0.4, 0.5) is 5.69 Å². The number of para-hydroxylation sites is 1. The Morgan fingerprint density at radius 2 is 2.00 bits per heavy atom. The van der Waals surface area contributed by atoms with E-state index in [9.17, 15) is 19.2 Å².